The van der Waals surface area contributed by atoms with Gasteiger partial charge in [-0.15, -0.1) is 0 Å². The number of halogens is 2. The number of hydrogen-bond donors (Lipinski definition) is 0. The number of esters is 1. The summed E-state index contributed by atoms with van der Waals surface area (Å²) in [6.07, 6.45) is 0. The summed E-state index contributed by atoms with van der Waals surface area (Å²) in [7, 11) is 1.18. The summed E-state index contributed by atoms with van der Waals surface area (Å²) < 4.78 is 18.0. The molecule has 1 amide bonds. The maximum Gasteiger partial charge on any atom is 0.325 e. The summed E-state index contributed by atoms with van der Waals surface area (Å²) in [5.41, 5.74) is 0.0472. The molecular weight excluding hydrogens is 319 g/mol. The van der Waals surface area contributed by atoms with Gasteiger partial charge < -0.3 is 9.64 Å². The smallest absolute Gasteiger partial charge is 0.325 e. The summed E-state index contributed by atoms with van der Waals surface area (Å²) >= 11 is 3.07. The highest BCUT2D eigenvalue weighted by atomic mass is 79.9. The van der Waals surface area contributed by atoms with E-state index < -0.39 is 17.7 Å². The molecule has 0 saturated carbocycles. The van der Waals surface area contributed by atoms with E-state index in [1.54, 1.807) is 6.07 Å². The Balaban J connectivity index is 2.99. The predicted molar refractivity (Wildman–Crippen MR) is 67.6 cm³/mol. The highest BCUT2D eigenvalue weighted by Gasteiger charge is 2.19. The van der Waals surface area contributed by atoms with E-state index in [1.165, 1.54) is 19.2 Å². The number of nitriles is 1. The molecule has 19 heavy (non-hydrogen) atoms. The summed E-state index contributed by atoms with van der Waals surface area (Å²) in [4.78, 5) is 24.2. The Kier molecular flexibility index (Phi) is 5.45. The second kappa shape index (κ2) is 6.85. The van der Waals surface area contributed by atoms with Gasteiger partial charge in [-0.1, -0.05) is 15.9 Å². The summed E-state index contributed by atoms with van der Waals surface area (Å²) in [5, 5.41) is 8.65. The van der Waals surface area contributed by atoms with Crippen LogP contribution in [0.4, 0.5) is 4.39 Å². The minimum absolute atomic E-state index is 0.0472. The number of carbonyl (C=O) groups excluding carboxylic acids is 2. The van der Waals surface area contributed by atoms with E-state index >= 15 is 0 Å². The van der Waals surface area contributed by atoms with Crippen LogP contribution < -0.4 is 0 Å². The van der Waals surface area contributed by atoms with Gasteiger partial charge in [-0.3, -0.25) is 9.59 Å². The van der Waals surface area contributed by atoms with Gasteiger partial charge in [-0.05, 0) is 18.2 Å². The van der Waals surface area contributed by atoms with Gasteiger partial charge in [0, 0.05) is 10.0 Å². The second-order valence-electron chi connectivity index (χ2n) is 3.55. The first-order valence-corrected chi connectivity index (χ1v) is 5.96. The number of methoxy groups -OCH3 is 1. The summed E-state index contributed by atoms with van der Waals surface area (Å²) in [5.74, 6) is -1.86. The maximum atomic E-state index is 13.2. The third-order valence-corrected chi connectivity index (χ3v) is 2.66. The average Bonchev–Trinajstić information content (AvgIpc) is 2.36. The third-order valence-electron chi connectivity index (χ3n) is 2.21. The van der Waals surface area contributed by atoms with Gasteiger partial charge in [-0.25, -0.2) is 4.39 Å². The molecule has 0 spiro atoms. The van der Waals surface area contributed by atoms with Crippen molar-refractivity contribution in [2.75, 3.05) is 20.2 Å². The van der Waals surface area contributed by atoms with E-state index in [0.29, 0.717) is 4.47 Å². The lowest BCUT2D eigenvalue weighted by Gasteiger charge is -2.18. The molecule has 0 aromatic heterocycles. The van der Waals surface area contributed by atoms with Crippen molar-refractivity contribution in [3.63, 3.8) is 0 Å². The first-order chi connectivity index (χ1) is 8.97. The number of ether oxygens (including phenoxy) is 1. The van der Waals surface area contributed by atoms with Crippen LogP contribution in [0.2, 0.25) is 0 Å². The molecule has 5 nitrogen and oxygen atoms in total. The zero-order valence-electron chi connectivity index (χ0n) is 10.0. The van der Waals surface area contributed by atoms with Crippen LogP contribution in [0.15, 0.2) is 22.7 Å². The number of rotatable bonds is 4. The first kappa shape index (κ1) is 15.1. The molecule has 0 heterocycles. The van der Waals surface area contributed by atoms with Gasteiger partial charge in [0.2, 0.25) is 0 Å². The number of amides is 1. The molecule has 1 aromatic carbocycles. The Morgan fingerprint density at radius 2 is 2.16 bits per heavy atom. The monoisotopic (exact) mass is 328 g/mol. The molecule has 1 rings (SSSR count). The van der Waals surface area contributed by atoms with Crippen LogP contribution in [0, 0.1) is 17.1 Å². The number of nitrogens with zero attached hydrogens (tertiary/aromatic N) is 2. The molecule has 0 aliphatic rings. The molecule has 0 unspecified atom stereocenters. The van der Waals surface area contributed by atoms with Crippen molar-refractivity contribution in [3.8, 4) is 6.07 Å². The Morgan fingerprint density at radius 3 is 2.68 bits per heavy atom. The van der Waals surface area contributed by atoms with Crippen molar-refractivity contribution in [2.24, 2.45) is 0 Å². The molecule has 0 bridgehead atoms. The van der Waals surface area contributed by atoms with Crippen LogP contribution in [-0.2, 0) is 9.53 Å². The zero-order valence-corrected chi connectivity index (χ0v) is 11.6. The molecule has 0 fully saturated rings. The van der Waals surface area contributed by atoms with Crippen molar-refractivity contribution < 1.29 is 18.7 Å². The standard InChI is InChI=1S/C12H10BrFN2O3/c1-19-11(17)7-16(3-2-15)12(18)8-4-9(13)6-10(14)5-8/h4-6H,3,7H2,1H3. The second-order valence-corrected chi connectivity index (χ2v) is 4.47. The van der Waals surface area contributed by atoms with E-state index in [4.69, 9.17) is 5.26 Å². The molecule has 0 atom stereocenters. The van der Waals surface area contributed by atoms with Crippen LogP contribution in [0.1, 0.15) is 10.4 Å². The number of carbonyl (C=O) groups is 2. The topological polar surface area (TPSA) is 70.4 Å². The van der Waals surface area contributed by atoms with Crippen molar-refractivity contribution in [1.82, 2.24) is 4.90 Å². The molecular formula is C12H10BrFN2O3. The lowest BCUT2D eigenvalue weighted by molar-refractivity contribution is -0.141. The van der Waals surface area contributed by atoms with Gasteiger partial charge in [0.05, 0.1) is 13.2 Å². The third kappa shape index (κ3) is 4.34. The molecule has 1 aromatic rings. The van der Waals surface area contributed by atoms with Crippen molar-refractivity contribution >= 4 is 27.8 Å². The molecule has 0 radical (unpaired) electrons. The molecule has 0 saturated heterocycles. The molecule has 0 aliphatic carbocycles. The molecule has 0 aliphatic heterocycles. The minimum atomic E-state index is -0.654. The molecule has 100 valence electrons. The van der Waals surface area contributed by atoms with Gasteiger partial charge in [0.1, 0.15) is 18.9 Å². The minimum Gasteiger partial charge on any atom is -0.468 e. The predicted octanol–water partition coefficient (Wildman–Crippen LogP) is 1.73. The van der Waals surface area contributed by atoms with Crippen LogP contribution in [0.5, 0.6) is 0 Å². The van der Waals surface area contributed by atoms with E-state index in [-0.39, 0.29) is 18.7 Å². The highest BCUT2D eigenvalue weighted by molar-refractivity contribution is 9.10. The normalized spacial score (nSPS) is 9.58. The van der Waals surface area contributed by atoms with Gasteiger partial charge in [0.15, 0.2) is 0 Å². The van der Waals surface area contributed by atoms with Crippen molar-refractivity contribution in [3.05, 3.63) is 34.1 Å². The Bertz CT molecular complexity index is 522. The SMILES string of the molecule is COC(=O)CN(CC#N)C(=O)c1cc(F)cc(Br)c1. The summed E-state index contributed by atoms with van der Waals surface area (Å²) in [6, 6.07) is 5.42. The lowest BCUT2D eigenvalue weighted by atomic mass is 10.2. The van der Waals surface area contributed by atoms with Crippen molar-refractivity contribution in [1.29, 1.82) is 5.26 Å². The first-order valence-electron chi connectivity index (χ1n) is 5.17. The summed E-state index contributed by atoms with van der Waals surface area (Å²) in [6.45, 7) is -0.654. The zero-order chi connectivity index (χ0) is 14.4. The van der Waals surface area contributed by atoms with Crippen molar-refractivity contribution in [2.45, 2.75) is 0 Å². The highest BCUT2D eigenvalue weighted by Crippen LogP contribution is 2.16. The lowest BCUT2D eigenvalue weighted by Crippen LogP contribution is -2.36. The number of benzene rings is 1. The molecule has 0 N–H and O–H groups in total. The fraction of sp³-hybridized carbons (Fsp3) is 0.250. The fourth-order valence-electron chi connectivity index (χ4n) is 1.37. The average molecular weight is 329 g/mol. The van der Waals surface area contributed by atoms with E-state index in [2.05, 4.69) is 20.7 Å². The molecule has 7 heteroatoms. The fourth-order valence-corrected chi connectivity index (χ4v) is 1.83. The van der Waals surface area contributed by atoms with Crippen LogP contribution >= 0.6 is 15.9 Å². The Morgan fingerprint density at radius 1 is 1.47 bits per heavy atom. The van der Waals surface area contributed by atoms with E-state index in [0.717, 1.165) is 11.0 Å². The maximum absolute atomic E-state index is 13.2. The van der Waals surface area contributed by atoms with Crippen LogP contribution in [0.25, 0.3) is 0 Å². The Labute approximate surface area is 117 Å². The number of hydrogen-bond acceptors (Lipinski definition) is 4. The van der Waals surface area contributed by atoms with Crippen LogP contribution in [0.3, 0.4) is 0 Å². The Hall–Kier alpha value is -1.94. The van der Waals surface area contributed by atoms with E-state index in [9.17, 15) is 14.0 Å². The van der Waals surface area contributed by atoms with E-state index in [1.807, 2.05) is 0 Å². The van der Waals surface area contributed by atoms with Gasteiger partial charge in [-0.2, -0.15) is 5.26 Å². The van der Waals surface area contributed by atoms with Crippen LogP contribution in [-0.4, -0.2) is 37.0 Å². The van der Waals surface area contributed by atoms with Gasteiger partial charge >= 0.3 is 5.97 Å². The largest absolute Gasteiger partial charge is 0.468 e. The quantitative estimate of drug-likeness (QED) is 0.623. The van der Waals surface area contributed by atoms with Gasteiger partial charge in [0.25, 0.3) is 5.91 Å².